The first-order valence-corrected chi connectivity index (χ1v) is 39.6. The number of rotatable bonds is 17. The molecule has 9 fully saturated rings. The van der Waals surface area contributed by atoms with Crippen LogP contribution in [0.25, 0.3) is 0 Å². The van der Waals surface area contributed by atoms with Crippen LogP contribution in [-0.4, -0.2) is 102 Å². The number of hydrogen-bond acceptors (Lipinski definition) is 14. The number of alkyl halides is 12. The molecule has 17 unspecified atom stereocenters. The molecule has 2 aromatic carbocycles. The quantitative estimate of drug-likeness (QED) is 0.0625. The second kappa shape index (κ2) is 32.5. The van der Waals surface area contributed by atoms with E-state index in [1.165, 1.54) is 40.7 Å². The van der Waals surface area contributed by atoms with Crippen LogP contribution in [0.3, 0.4) is 0 Å². The average Bonchev–Trinajstić information content (AvgIpc) is 1.53. The van der Waals surface area contributed by atoms with Crippen molar-refractivity contribution in [3.8, 4) is 6.07 Å². The molecule has 0 radical (unpaired) electrons. The van der Waals surface area contributed by atoms with Gasteiger partial charge in [-0.15, -0.1) is 0 Å². The van der Waals surface area contributed by atoms with E-state index in [0.717, 1.165) is 12.8 Å². The molecule has 0 N–H and O–H groups in total. The maximum Gasteiger partial charge on any atom is 0.434 e. The molecule has 11 rings (SSSR count). The zero-order valence-electron chi connectivity index (χ0n) is 69.0. The Morgan fingerprint density at radius 2 is 0.723 bits per heavy atom. The SMILES string of the molecule is CCC(C)(C)C(=O)OC1C2CC3C1CC(=O)C3(C#N)C2.CCC(C)(C)C(=O)OC1C2CC3C1CC(=O)C3(C(=O)OC(C(F)(F)F)C(F)(F)F)C2.CCC(C)(C)C(=O)OC1C2CC3C1CC(=O)C3(C(=O)OC(C(F)(F)F)C(F)(F)F)C2.CCC(C)c1cc(C(C)(C)C)cc(C(C)(C)C)c1.CCC(C)c1ccc(C(C)(C)C)cc1. The molecule has 9 aliphatic carbocycles. The molecule has 9 aliphatic rings. The summed E-state index contributed by atoms with van der Waals surface area (Å²) in [5, 5.41) is 9.39. The van der Waals surface area contributed by atoms with Gasteiger partial charge in [-0.1, -0.05) is 153 Å². The zero-order valence-corrected chi connectivity index (χ0v) is 69.0. The summed E-state index contributed by atoms with van der Waals surface area (Å²) < 4.78 is 178. The van der Waals surface area contributed by atoms with Crippen LogP contribution in [0.2, 0.25) is 0 Å². The van der Waals surface area contributed by atoms with Crippen molar-refractivity contribution in [3.05, 3.63) is 70.3 Å². The van der Waals surface area contributed by atoms with Gasteiger partial charge in [0.2, 0.25) is 0 Å². The second-order valence-corrected chi connectivity index (χ2v) is 38.2. The van der Waals surface area contributed by atoms with Gasteiger partial charge in [0, 0.05) is 37.0 Å². The normalized spacial score (nSPS) is 29.4. The van der Waals surface area contributed by atoms with Crippen molar-refractivity contribution in [3.63, 3.8) is 0 Å². The van der Waals surface area contributed by atoms with Gasteiger partial charge in [0.1, 0.15) is 34.6 Å². The maximum atomic E-state index is 12.8. The number of nitrogens with zero attached hydrogens (tertiary/aromatic N) is 1. The molecule has 0 aliphatic heterocycles. The molecule has 2 aromatic rings. The van der Waals surface area contributed by atoms with E-state index in [1.807, 2.05) is 20.8 Å². The maximum absolute atomic E-state index is 12.8. The minimum atomic E-state index is -5.85. The largest absolute Gasteiger partial charge is 0.461 e. The minimum Gasteiger partial charge on any atom is -0.461 e. The van der Waals surface area contributed by atoms with Gasteiger partial charge < -0.3 is 23.7 Å². The van der Waals surface area contributed by atoms with Crippen molar-refractivity contribution in [2.24, 2.45) is 85.8 Å². The Kier molecular flexibility index (Phi) is 26.9. The molecule has 628 valence electrons. The van der Waals surface area contributed by atoms with Crippen molar-refractivity contribution in [1.82, 2.24) is 0 Å². The number of ether oxygens (including phenoxy) is 5. The number of benzene rings is 2. The Balaban J connectivity index is 0.000000200. The van der Waals surface area contributed by atoms with E-state index in [-0.39, 0.29) is 90.4 Å². The van der Waals surface area contributed by atoms with Crippen molar-refractivity contribution in [2.45, 2.75) is 326 Å². The fourth-order valence-corrected chi connectivity index (χ4v) is 17.9. The molecule has 26 heteroatoms. The Labute approximate surface area is 652 Å². The Morgan fingerprint density at radius 1 is 0.429 bits per heavy atom. The summed E-state index contributed by atoms with van der Waals surface area (Å²) in [6.45, 7) is 45.7. The number of esters is 5. The lowest BCUT2D eigenvalue weighted by Gasteiger charge is -2.36. The Morgan fingerprint density at radius 3 is 1.02 bits per heavy atom. The van der Waals surface area contributed by atoms with Crippen molar-refractivity contribution < 1.29 is 115 Å². The van der Waals surface area contributed by atoms with Gasteiger partial charge in [0.05, 0.1) is 22.3 Å². The van der Waals surface area contributed by atoms with E-state index >= 15 is 0 Å². The summed E-state index contributed by atoms with van der Waals surface area (Å²) in [5.74, 6) is -8.25. The molecule has 17 atom stereocenters. The first kappa shape index (κ1) is 92.6. The summed E-state index contributed by atoms with van der Waals surface area (Å²) in [5.41, 5.74) is 1.16. The molecule has 9 saturated carbocycles. The number of nitriles is 1. The van der Waals surface area contributed by atoms with Gasteiger partial charge in [-0.25, -0.2) is 0 Å². The molecule has 0 saturated heterocycles. The third-order valence-electron chi connectivity index (χ3n) is 26.7. The average molecular weight is 1600 g/mol. The van der Waals surface area contributed by atoms with E-state index in [4.69, 9.17) is 14.2 Å². The van der Waals surface area contributed by atoms with E-state index in [1.54, 1.807) is 41.5 Å². The monoisotopic (exact) mass is 1600 g/mol. The highest BCUT2D eigenvalue weighted by Crippen LogP contribution is 2.69. The first-order chi connectivity index (χ1) is 51.0. The van der Waals surface area contributed by atoms with Gasteiger partial charge in [0.15, 0.2) is 17.3 Å². The van der Waals surface area contributed by atoms with Gasteiger partial charge >= 0.3 is 54.6 Å². The summed E-state index contributed by atoms with van der Waals surface area (Å²) in [6, 6.07) is 18.6. The zero-order chi connectivity index (χ0) is 85.3. The lowest BCUT2D eigenvalue weighted by atomic mass is 9.73. The van der Waals surface area contributed by atoms with Crippen LogP contribution in [0, 0.1) is 97.1 Å². The summed E-state index contributed by atoms with van der Waals surface area (Å²) in [4.78, 5) is 99.5. The predicted molar refractivity (Wildman–Crippen MR) is 393 cm³/mol. The fraction of sp³-hybridized carbons (Fsp3) is 0.756. The highest BCUT2D eigenvalue weighted by Gasteiger charge is 2.77. The van der Waals surface area contributed by atoms with E-state index in [2.05, 4.69) is 148 Å². The fourth-order valence-electron chi connectivity index (χ4n) is 17.9. The number of carbonyl (C=O) groups excluding carboxylic acids is 8. The van der Waals surface area contributed by atoms with Crippen molar-refractivity contribution in [2.75, 3.05) is 0 Å². The number of halogens is 12. The second-order valence-electron chi connectivity index (χ2n) is 38.2. The van der Waals surface area contributed by atoms with Crippen LogP contribution < -0.4 is 0 Å². The third-order valence-corrected chi connectivity index (χ3v) is 26.7. The molecular formula is C86H117F12NO13. The summed E-state index contributed by atoms with van der Waals surface area (Å²) >= 11 is 0. The van der Waals surface area contributed by atoms with E-state index in [9.17, 15) is 96.3 Å². The van der Waals surface area contributed by atoms with Crippen molar-refractivity contribution in [1.29, 1.82) is 5.26 Å². The number of ketones is 3. The molecule has 6 bridgehead atoms. The van der Waals surface area contributed by atoms with Crippen LogP contribution in [-0.2, 0) is 78.3 Å². The highest BCUT2D eigenvalue weighted by molar-refractivity contribution is 6.08. The van der Waals surface area contributed by atoms with Crippen LogP contribution in [0.5, 0.6) is 0 Å². The van der Waals surface area contributed by atoms with Crippen LogP contribution in [0.1, 0.15) is 282 Å². The van der Waals surface area contributed by atoms with E-state index in [0.29, 0.717) is 37.5 Å². The lowest BCUT2D eigenvalue weighted by Crippen LogP contribution is -2.51. The highest BCUT2D eigenvalue weighted by atomic mass is 19.4. The molecular weight excluding hydrogens is 1480 g/mol. The van der Waals surface area contributed by atoms with Gasteiger partial charge in [0.25, 0.3) is 12.2 Å². The third kappa shape index (κ3) is 18.5. The molecule has 112 heavy (non-hydrogen) atoms. The van der Waals surface area contributed by atoms with Crippen LogP contribution in [0.4, 0.5) is 52.7 Å². The van der Waals surface area contributed by atoms with E-state index < -0.39 is 153 Å². The van der Waals surface area contributed by atoms with Gasteiger partial charge in [-0.05, 0) is 204 Å². The molecule has 0 amide bonds. The molecule has 14 nitrogen and oxygen atoms in total. The smallest absolute Gasteiger partial charge is 0.434 e. The first-order valence-electron chi connectivity index (χ1n) is 39.6. The van der Waals surface area contributed by atoms with Crippen molar-refractivity contribution >= 4 is 47.2 Å². The summed E-state index contributed by atoms with van der Waals surface area (Å²) in [6.07, 6.45) is -28.2. The molecule has 0 spiro atoms. The Bertz CT molecular complexity index is 3660. The van der Waals surface area contributed by atoms with Gasteiger partial charge in [-0.3, -0.25) is 38.4 Å². The number of fused-ring (bicyclic) bond motifs is 3. The number of Topliss-reactive ketones (excluding diaryl/α,β-unsaturated/α-hetero) is 3. The standard InChI is InChI=1S/2C19H22F6O5.C18H30.C16H21NO3.C14H22/c2*1-4-16(2,3)14(27)29-12-8-5-10-9(12)6-11(26)17(10,7-8)15(28)30-13(18(20,21)22)19(23,24)25;1-9-13(2)14-10-15(17(3,4)5)12-16(11-14)18(6,7)8;1-4-15(2,3)14(19)20-13-9-5-11-10(13)6-12(18)16(11,7-9)8-17;1-6-11(2)12-7-9-13(10-8-12)14(3,4)5/h2*8-10,12-13H,4-7H2,1-3H3;10-13H,9H2,1-8H3;9-11,13H,4-7H2,1-3H3;7-11H,6H2,1-5H3. The van der Waals surface area contributed by atoms with Gasteiger partial charge in [-0.2, -0.15) is 57.9 Å². The number of carbonyl (C=O) groups is 8. The minimum absolute atomic E-state index is 0.0748. The summed E-state index contributed by atoms with van der Waals surface area (Å²) in [7, 11) is 0. The number of hydrogen-bond donors (Lipinski definition) is 0. The molecule has 0 heterocycles. The lowest BCUT2D eigenvalue weighted by molar-refractivity contribution is -0.316. The van der Waals surface area contributed by atoms with Crippen LogP contribution >= 0.6 is 0 Å². The molecule has 0 aromatic heterocycles. The predicted octanol–water partition coefficient (Wildman–Crippen LogP) is 20.7. The topological polar surface area (TPSA) is 206 Å². The van der Waals surface area contributed by atoms with Crippen LogP contribution in [0.15, 0.2) is 42.5 Å². The Hall–Kier alpha value is -6.55.